The van der Waals surface area contributed by atoms with Crippen LogP contribution in [-0.2, 0) is 29.0 Å². The molecule has 0 spiro atoms. The minimum Gasteiger partial charge on any atom is -0.355 e. The summed E-state index contributed by atoms with van der Waals surface area (Å²) in [5.41, 5.74) is 4.83. The van der Waals surface area contributed by atoms with E-state index in [0.29, 0.717) is 23.0 Å². The van der Waals surface area contributed by atoms with Gasteiger partial charge in [-0.15, -0.1) is 0 Å². The molecule has 34 heavy (non-hydrogen) atoms. The zero-order valence-electron chi connectivity index (χ0n) is 19.8. The smallest absolute Gasteiger partial charge is 0.243 e. The van der Waals surface area contributed by atoms with Crippen molar-refractivity contribution in [2.45, 2.75) is 46.2 Å². The first-order valence-corrected chi connectivity index (χ1v) is 12.1. The molecule has 0 unspecified atom stereocenters. The van der Waals surface area contributed by atoms with Gasteiger partial charge in [-0.2, -0.15) is 0 Å². The topological polar surface area (TPSA) is 49.4 Å². The molecule has 6 heteroatoms. The number of hydrogen-bond acceptors (Lipinski definition) is 2. The van der Waals surface area contributed by atoms with Crippen molar-refractivity contribution in [3.05, 3.63) is 105 Å². The van der Waals surface area contributed by atoms with Crippen LogP contribution in [-0.4, -0.2) is 29.3 Å². The van der Waals surface area contributed by atoms with E-state index in [1.54, 1.807) is 23.1 Å². The van der Waals surface area contributed by atoms with Crippen molar-refractivity contribution in [1.29, 1.82) is 0 Å². The van der Waals surface area contributed by atoms with Gasteiger partial charge in [0, 0.05) is 29.6 Å². The monoisotopic (exact) mass is 496 g/mol. The maximum atomic E-state index is 13.7. The summed E-state index contributed by atoms with van der Waals surface area (Å²) in [5, 5.41) is 3.89. The molecule has 1 atom stereocenters. The SMILES string of the molecule is CCNC(=O)[C@H](Cc1ccccc1)N(Cc1ccc(Cl)cc1Cl)C(=O)Cc1cc(C)cc(C)c1. The van der Waals surface area contributed by atoms with Crippen LogP contribution in [0.15, 0.2) is 66.7 Å². The second-order valence-corrected chi connectivity index (χ2v) is 9.37. The van der Waals surface area contributed by atoms with Gasteiger partial charge in [-0.3, -0.25) is 9.59 Å². The first kappa shape index (κ1) is 25.8. The molecule has 0 fully saturated rings. The second kappa shape index (κ2) is 12.0. The molecule has 1 N–H and O–H groups in total. The Morgan fingerprint density at radius 2 is 1.59 bits per heavy atom. The van der Waals surface area contributed by atoms with Gasteiger partial charge in [-0.1, -0.05) is 88.9 Å². The third kappa shape index (κ3) is 7.09. The van der Waals surface area contributed by atoms with E-state index in [-0.39, 0.29) is 24.8 Å². The van der Waals surface area contributed by atoms with E-state index in [1.807, 2.05) is 63.2 Å². The number of likely N-dealkylation sites (N-methyl/N-ethyl adjacent to an activating group) is 1. The van der Waals surface area contributed by atoms with Crippen LogP contribution >= 0.6 is 23.2 Å². The lowest BCUT2D eigenvalue weighted by atomic mass is 10.0. The lowest BCUT2D eigenvalue weighted by Gasteiger charge is -2.32. The van der Waals surface area contributed by atoms with Gasteiger partial charge in [0.05, 0.1) is 6.42 Å². The molecule has 0 heterocycles. The zero-order valence-corrected chi connectivity index (χ0v) is 21.3. The van der Waals surface area contributed by atoms with Gasteiger partial charge >= 0.3 is 0 Å². The van der Waals surface area contributed by atoms with Crippen molar-refractivity contribution in [1.82, 2.24) is 10.2 Å². The van der Waals surface area contributed by atoms with Gasteiger partial charge < -0.3 is 10.2 Å². The average molecular weight is 497 g/mol. The third-order valence-corrected chi connectivity index (χ3v) is 6.20. The number of amides is 2. The number of benzene rings is 3. The van der Waals surface area contributed by atoms with Crippen molar-refractivity contribution >= 4 is 35.0 Å². The summed E-state index contributed by atoms with van der Waals surface area (Å²) < 4.78 is 0. The molecular weight excluding hydrogens is 467 g/mol. The Balaban J connectivity index is 2.00. The average Bonchev–Trinajstić information content (AvgIpc) is 2.77. The molecule has 4 nitrogen and oxygen atoms in total. The molecule has 0 saturated heterocycles. The molecule has 0 bridgehead atoms. The van der Waals surface area contributed by atoms with Gasteiger partial charge in [0.2, 0.25) is 11.8 Å². The van der Waals surface area contributed by atoms with Crippen LogP contribution in [0, 0.1) is 13.8 Å². The fraction of sp³-hybridized carbons (Fsp3) is 0.286. The van der Waals surface area contributed by atoms with Crippen LogP contribution in [0.2, 0.25) is 10.0 Å². The summed E-state index contributed by atoms with van der Waals surface area (Å²) >= 11 is 12.5. The minimum atomic E-state index is -0.687. The number of carbonyl (C=O) groups excluding carboxylic acids is 2. The molecule has 3 aromatic rings. The number of halogens is 2. The summed E-state index contributed by atoms with van der Waals surface area (Å²) in [4.78, 5) is 28.6. The van der Waals surface area contributed by atoms with Crippen LogP contribution in [0.25, 0.3) is 0 Å². The summed E-state index contributed by atoms with van der Waals surface area (Å²) in [6.07, 6.45) is 0.592. The van der Waals surface area contributed by atoms with Crippen LogP contribution in [0.1, 0.15) is 34.7 Å². The molecule has 3 rings (SSSR count). The van der Waals surface area contributed by atoms with Crippen molar-refractivity contribution < 1.29 is 9.59 Å². The Kier molecular flexibility index (Phi) is 9.14. The third-order valence-electron chi connectivity index (χ3n) is 5.61. The highest BCUT2D eigenvalue weighted by atomic mass is 35.5. The van der Waals surface area contributed by atoms with Gasteiger partial charge in [-0.05, 0) is 49.6 Å². The lowest BCUT2D eigenvalue weighted by molar-refractivity contribution is -0.140. The Morgan fingerprint density at radius 1 is 0.912 bits per heavy atom. The van der Waals surface area contributed by atoms with Crippen LogP contribution in [0.5, 0.6) is 0 Å². The van der Waals surface area contributed by atoms with Crippen molar-refractivity contribution in [2.24, 2.45) is 0 Å². The predicted molar refractivity (Wildman–Crippen MR) is 139 cm³/mol. The quantitative estimate of drug-likeness (QED) is 0.399. The molecule has 0 saturated carbocycles. The highest BCUT2D eigenvalue weighted by Gasteiger charge is 2.30. The predicted octanol–water partition coefficient (Wildman–Crippen LogP) is 5.93. The van der Waals surface area contributed by atoms with Crippen LogP contribution in [0.4, 0.5) is 0 Å². The summed E-state index contributed by atoms with van der Waals surface area (Å²) in [6.45, 7) is 6.58. The molecule has 3 aromatic carbocycles. The highest BCUT2D eigenvalue weighted by Crippen LogP contribution is 2.25. The fourth-order valence-corrected chi connectivity index (χ4v) is 4.59. The molecule has 0 aliphatic heterocycles. The molecule has 0 aromatic heterocycles. The Hall–Kier alpha value is -2.82. The van der Waals surface area contributed by atoms with Crippen molar-refractivity contribution in [3.8, 4) is 0 Å². The summed E-state index contributed by atoms with van der Waals surface area (Å²) in [7, 11) is 0. The van der Waals surface area contributed by atoms with E-state index in [9.17, 15) is 9.59 Å². The van der Waals surface area contributed by atoms with Gasteiger partial charge in [0.15, 0.2) is 0 Å². The molecule has 0 aliphatic carbocycles. The highest BCUT2D eigenvalue weighted by molar-refractivity contribution is 6.35. The molecule has 0 radical (unpaired) electrons. The molecular formula is C28H30Cl2N2O2. The number of nitrogens with zero attached hydrogens (tertiary/aromatic N) is 1. The standard InChI is InChI=1S/C28H30Cl2N2O2/c1-4-31-28(34)26(15-21-8-6-5-7-9-21)32(18-23-10-11-24(29)17-25(23)30)27(33)16-22-13-19(2)12-20(3)14-22/h5-14,17,26H,4,15-16,18H2,1-3H3,(H,31,34)/t26-/m0/s1. The van der Waals surface area contributed by atoms with Crippen LogP contribution in [0.3, 0.4) is 0 Å². The van der Waals surface area contributed by atoms with Crippen molar-refractivity contribution in [2.75, 3.05) is 6.54 Å². The Labute approximate surface area is 211 Å². The molecule has 178 valence electrons. The van der Waals surface area contributed by atoms with E-state index in [1.165, 1.54) is 0 Å². The molecule has 0 aliphatic rings. The zero-order chi connectivity index (χ0) is 24.7. The van der Waals surface area contributed by atoms with E-state index in [4.69, 9.17) is 23.2 Å². The van der Waals surface area contributed by atoms with Crippen LogP contribution < -0.4 is 5.32 Å². The van der Waals surface area contributed by atoms with E-state index in [2.05, 4.69) is 11.4 Å². The van der Waals surface area contributed by atoms with Gasteiger partial charge in [0.25, 0.3) is 0 Å². The lowest BCUT2D eigenvalue weighted by Crippen LogP contribution is -2.51. The number of hydrogen-bond donors (Lipinski definition) is 1. The maximum absolute atomic E-state index is 13.7. The number of aryl methyl sites for hydroxylation is 2. The van der Waals surface area contributed by atoms with Gasteiger partial charge in [-0.25, -0.2) is 0 Å². The number of rotatable bonds is 9. The molecule has 2 amide bonds. The number of nitrogens with one attached hydrogen (secondary N) is 1. The second-order valence-electron chi connectivity index (χ2n) is 8.53. The number of carbonyl (C=O) groups is 2. The fourth-order valence-electron chi connectivity index (χ4n) is 4.13. The Bertz CT molecular complexity index is 1130. The normalized spacial score (nSPS) is 11.7. The van der Waals surface area contributed by atoms with Gasteiger partial charge in [0.1, 0.15) is 6.04 Å². The summed E-state index contributed by atoms with van der Waals surface area (Å²) in [6, 6.07) is 20.3. The largest absolute Gasteiger partial charge is 0.355 e. The van der Waals surface area contributed by atoms with Crippen molar-refractivity contribution in [3.63, 3.8) is 0 Å². The van der Waals surface area contributed by atoms with E-state index < -0.39 is 6.04 Å². The maximum Gasteiger partial charge on any atom is 0.243 e. The van der Waals surface area contributed by atoms with E-state index >= 15 is 0 Å². The Morgan fingerprint density at radius 3 is 2.21 bits per heavy atom. The minimum absolute atomic E-state index is 0.136. The first-order chi connectivity index (χ1) is 16.3. The summed E-state index contributed by atoms with van der Waals surface area (Å²) in [5.74, 6) is -0.326. The van der Waals surface area contributed by atoms with E-state index in [0.717, 1.165) is 27.8 Å². The first-order valence-electron chi connectivity index (χ1n) is 11.4.